The van der Waals surface area contributed by atoms with E-state index < -0.39 is 0 Å². The van der Waals surface area contributed by atoms with Crippen LogP contribution in [0, 0.1) is 12.7 Å². The van der Waals surface area contributed by atoms with Crippen molar-refractivity contribution in [3.8, 4) is 11.1 Å². The van der Waals surface area contributed by atoms with E-state index in [4.69, 9.17) is 0 Å². The van der Waals surface area contributed by atoms with Gasteiger partial charge in [0.15, 0.2) is 0 Å². The van der Waals surface area contributed by atoms with Gasteiger partial charge in [-0.3, -0.25) is 3.97 Å². The Morgan fingerprint density at radius 2 is 2.06 bits per heavy atom. The molecule has 0 saturated carbocycles. The van der Waals surface area contributed by atoms with E-state index in [0.717, 1.165) is 27.7 Å². The third-order valence-corrected chi connectivity index (χ3v) is 3.29. The van der Waals surface area contributed by atoms with Gasteiger partial charge >= 0.3 is 0 Å². The molecule has 90 valence electrons. The van der Waals surface area contributed by atoms with Gasteiger partial charge in [0.1, 0.15) is 11.5 Å². The number of aromatic nitrogens is 2. The lowest BCUT2D eigenvalue weighted by molar-refractivity contribution is 0.628. The summed E-state index contributed by atoms with van der Waals surface area (Å²) in [6.07, 6.45) is 3.65. The first-order chi connectivity index (χ1) is 8.65. The number of aryl methyl sites for hydroxylation is 1. The van der Waals surface area contributed by atoms with Crippen molar-refractivity contribution in [1.29, 1.82) is 0 Å². The zero-order chi connectivity index (χ0) is 12.7. The second kappa shape index (κ2) is 4.14. The fourth-order valence-corrected chi connectivity index (χ4v) is 2.40. The first-order valence-electron chi connectivity index (χ1n) is 5.58. The number of halogens is 1. The van der Waals surface area contributed by atoms with E-state index in [1.807, 2.05) is 25.3 Å². The molecule has 2 nitrogen and oxygen atoms in total. The molecule has 0 unspecified atom stereocenters. The Morgan fingerprint density at radius 1 is 1.22 bits per heavy atom. The maximum absolute atomic E-state index is 13.2. The van der Waals surface area contributed by atoms with Gasteiger partial charge in [0, 0.05) is 23.3 Å². The zero-order valence-electron chi connectivity index (χ0n) is 9.76. The van der Waals surface area contributed by atoms with E-state index in [1.54, 1.807) is 16.2 Å². The van der Waals surface area contributed by atoms with Crippen molar-refractivity contribution in [1.82, 2.24) is 8.96 Å². The molecule has 3 rings (SSSR count). The molecule has 18 heavy (non-hydrogen) atoms. The highest BCUT2D eigenvalue weighted by atomic mass is 32.1. The molecule has 0 aliphatic heterocycles. The van der Waals surface area contributed by atoms with Gasteiger partial charge in [-0.1, -0.05) is 24.9 Å². The molecule has 0 radical (unpaired) electrons. The van der Waals surface area contributed by atoms with Crippen LogP contribution in [0.2, 0.25) is 0 Å². The van der Waals surface area contributed by atoms with Gasteiger partial charge in [-0.25, -0.2) is 9.37 Å². The summed E-state index contributed by atoms with van der Waals surface area (Å²) in [5.41, 5.74) is 3.65. The van der Waals surface area contributed by atoms with Crippen LogP contribution in [0.15, 0.2) is 42.7 Å². The van der Waals surface area contributed by atoms with Crippen LogP contribution in [0.1, 0.15) is 5.56 Å². The molecule has 0 N–H and O–H groups in total. The third kappa shape index (κ3) is 1.78. The van der Waals surface area contributed by atoms with E-state index in [9.17, 15) is 4.39 Å². The quantitative estimate of drug-likeness (QED) is 0.656. The van der Waals surface area contributed by atoms with Crippen LogP contribution < -0.4 is 0 Å². The van der Waals surface area contributed by atoms with Crippen LogP contribution in [-0.2, 0) is 0 Å². The summed E-state index contributed by atoms with van der Waals surface area (Å²) < 4.78 is 14.9. The number of hydrogen-bond acceptors (Lipinski definition) is 2. The molecule has 0 spiro atoms. The predicted molar refractivity (Wildman–Crippen MR) is 74.2 cm³/mol. The lowest BCUT2D eigenvalue weighted by Gasteiger charge is -2.02. The molecule has 0 bridgehead atoms. The Morgan fingerprint density at radius 3 is 2.83 bits per heavy atom. The molecule has 0 aliphatic carbocycles. The van der Waals surface area contributed by atoms with Crippen molar-refractivity contribution in [2.45, 2.75) is 6.92 Å². The summed E-state index contributed by atoms with van der Waals surface area (Å²) in [5, 5.41) is 1.03. The SMILES string of the molecule is Cc1cn(S)c2ncc(-c3cccc(F)c3)cc12. The Bertz CT molecular complexity index is 734. The van der Waals surface area contributed by atoms with E-state index in [0.29, 0.717) is 0 Å². The van der Waals surface area contributed by atoms with Crippen molar-refractivity contribution in [2.24, 2.45) is 0 Å². The maximum Gasteiger partial charge on any atom is 0.150 e. The highest BCUT2D eigenvalue weighted by Gasteiger charge is 2.07. The van der Waals surface area contributed by atoms with Crippen LogP contribution in [0.25, 0.3) is 22.2 Å². The normalized spacial score (nSPS) is 11.1. The van der Waals surface area contributed by atoms with Gasteiger partial charge in [-0.15, -0.1) is 0 Å². The topological polar surface area (TPSA) is 17.8 Å². The van der Waals surface area contributed by atoms with E-state index in [1.165, 1.54) is 12.1 Å². The van der Waals surface area contributed by atoms with Gasteiger partial charge in [0.2, 0.25) is 0 Å². The van der Waals surface area contributed by atoms with E-state index >= 15 is 0 Å². The third-order valence-electron chi connectivity index (χ3n) is 2.98. The first kappa shape index (κ1) is 11.3. The molecule has 0 fully saturated rings. The molecule has 4 heteroatoms. The van der Waals surface area contributed by atoms with Crippen molar-refractivity contribution >= 4 is 23.8 Å². The summed E-state index contributed by atoms with van der Waals surface area (Å²) >= 11 is 4.30. The minimum Gasteiger partial charge on any atom is -0.278 e. The first-order valence-corrected chi connectivity index (χ1v) is 5.98. The summed E-state index contributed by atoms with van der Waals surface area (Å²) in [7, 11) is 0. The summed E-state index contributed by atoms with van der Waals surface area (Å²) in [5.74, 6) is -0.240. The van der Waals surface area contributed by atoms with E-state index in [-0.39, 0.29) is 5.82 Å². The molecule has 1 aromatic carbocycles. The molecule has 2 heterocycles. The van der Waals surface area contributed by atoms with Crippen LogP contribution >= 0.6 is 12.8 Å². The van der Waals surface area contributed by atoms with E-state index in [2.05, 4.69) is 17.8 Å². The molecular weight excluding hydrogens is 247 g/mol. The number of nitrogens with zero attached hydrogens (tertiary/aromatic N) is 2. The lowest BCUT2D eigenvalue weighted by atomic mass is 10.1. The summed E-state index contributed by atoms with van der Waals surface area (Å²) in [6, 6.07) is 8.53. The average Bonchev–Trinajstić information content (AvgIpc) is 2.65. The number of fused-ring (bicyclic) bond motifs is 1. The molecule has 0 atom stereocenters. The number of benzene rings is 1. The smallest absolute Gasteiger partial charge is 0.150 e. The van der Waals surface area contributed by atoms with Crippen LogP contribution in [0.4, 0.5) is 4.39 Å². The highest BCUT2D eigenvalue weighted by molar-refractivity contribution is 7.78. The zero-order valence-corrected chi connectivity index (χ0v) is 10.7. The molecule has 3 aromatic rings. The maximum atomic E-state index is 13.2. The van der Waals surface area contributed by atoms with Gasteiger partial charge < -0.3 is 0 Å². The number of rotatable bonds is 1. The van der Waals surface area contributed by atoms with Crippen LogP contribution in [-0.4, -0.2) is 8.96 Å². The van der Waals surface area contributed by atoms with Gasteiger partial charge in [0.05, 0.1) is 0 Å². The molecule has 0 saturated heterocycles. The average molecular weight is 258 g/mol. The predicted octanol–water partition coefficient (Wildman–Crippen LogP) is 3.84. The van der Waals surface area contributed by atoms with Crippen molar-refractivity contribution in [3.05, 3.63) is 54.1 Å². The minimum absolute atomic E-state index is 0.240. The second-order valence-corrected chi connectivity index (χ2v) is 4.69. The highest BCUT2D eigenvalue weighted by Crippen LogP contribution is 2.26. The van der Waals surface area contributed by atoms with Gasteiger partial charge in [-0.2, -0.15) is 0 Å². The monoisotopic (exact) mass is 258 g/mol. The summed E-state index contributed by atoms with van der Waals surface area (Å²) in [6.45, 7) is 2.01. The van der Waals surface area contributed by atoms with Gasteiger partial charge in [0.25, 0.3) is 0 Å². The number of pyridine rings is 1. The molecular formula is C14H11FN2S. The number of hydrogen-bond donors (Lipinski definition) is 1. The standard InChI is InChI=1S/C14H11FN2S/c1-9-8-17(18)14-13(9)6-11(7-16-14)10-3-2-4-12(15)5-10/h2-8,18H,1H3. The van der Waals surface area contributed by atoms with Crippen molar-refractivity contribution < 1.29 is 4.39 Å². The van der Waals surface area contributed by atoms with Crippen LogP contribution in [0.3, 0.4) is 0 Å². The molecule has 0 amide bonds. The Hall–Kier alpha value is -1.81. The lowest BCUT2D eigenvalue weighted by Crippen LogP contribution is -1.85. The van der Waals surface area contributed by atoms with Crippen molar-refractivity contribution in [3.63, 3.8) is 0 Å². The molecule has 0 aliphatic rings. The minimum atomic E-state index is -0.240. The Balaban J connectivity index is 2.22. The summed E-state index contributed by atoms with van der Waals surface area (Å²) in [4.78, 5) is 4.37. The van der Waals surface area contributed by atoms with Gasteiger partial charge in [-0.05, 0) is 36.2 Å². The molecule has 2 aromatic heterocycles. The largest absolute Gasteiger partial charge is 0.278 e. The second-order valence-electron chi connectivity index (χ2n) is 4.26. The fraction of sp³-hybridized carbons (Fsp3) is 0.0714. The van der Waals surface area contributed by atoms with Crippen molar-refractivity contribution in [2.75, 3.05) is 0 Å². The fourth-order valence-electron chi connectivity index (χ4n) is 2.07. The Labute approximate surface area is 110 Å². The number of thiol groups is 1. The van der Waals surface area contributed by atoms with Crippen LogP contribution in [0.5, 0.6) is 0 Å². The Kier molecular flexibility index (Phi) is 2.59.